The fourth-order valence-electron chi connectivity index (χ4n) is 8.65. The molecule has 50 heavy (non-hydrogen) atoms. The Morgan fingerprint density at radius 1 is 0.800 bits per heavy atom. The maximum atomic E-state index is 15.2. The predicted molar refractivity (Wildman–Crippen MR) is 200 cm³/mol. The summed E-state index contributed by atoms with van der Waals surface area (Å²) < 4.78 is -1.73. The van der Waals surface area contributed by atoms with Crippen molar-refractivity contribution in [1.82, 2.24) is 9.80 Å². The lowest BCUT2D eigenvalue weighted by molar-refractivity contribution is -0.145. The summed E-state index contributed by atoms with van der Waals surface area (Å²) >= 11 is 1.57. The molecule has 1 spiro atoms. The second-order valence-electron chi connectivity index (χ2n) is 13.9. The van der Waals surface area contributed by atoms with Crippen LogP contribution in [0.2, 0.25) is 0 Å². The van der Waals surface area contributed by atoms with Gasteiger partial charge in [0.25, 0.3) is 5.91 Å². The molecule has 3 amide bonds. The lowest BCUT2D eigenvalue weighted by Gasteiger charge is -2.40. The zero-order valence-corrected chi connectivity index (χ0v) is 29.8. The van der Waals surface area contributed by atoms with Crippen LogP contribution in [0.25, 0.3) is 0 Å². The number of rotatable bonds is 10. The summed E-state index contributed by atoms with van der Waals surface area (Å²) in [5.74, 6) is -2.00. The van der Waals surface area contributed by atoms with Gasteiger partial charge in [0.15, 0.2) is 0 Å². The molecule has 6 atom stereocenters. The quantitative estimate of drug-likeness (QED) is 0.290. The standard InChI is InChI=1S/C41H46N4O4S/c1-4-42(5-2)31-18-20-32(21-19-31)44-25-13-23-41-35(38(48)45(36(41)39(44)49)33(28-46)26-29-14-8-6-9-15-29)34-37(47)43(24-12-22-40(34,3)50-41)27-30-16-10-7-11-17-30/h6-23,33-36,46H,4-5,24-28H2,1-3H3/t33-,34-,35+,36?,40+,41+/m1/s1. The summed E-state index contributed by atoms with van der Waals surface area (Å²) in [5, 5.41) is 10.9. The SMILES string of the molecule is CCN(CC)c1ccc(N2CC=C[C@]34S[C@@]5(C)C=CCN(Cc6ccccc6)C(=O)[C@H]5[C@H]3C(=O)N([C@@H](CO)Cc3ccccc3)C4C2=O)cc1. The number of carbonyl (C=O) groups excluding carboxylic acids is 3. The fourth-order valence-corrected chi connectivity index (χ4v) is 10.8. The molecule has 4 aliphatic heterocycles. The summed E-state index contributed by atoms with van der Waals surface area (Å²) in [4.78, 5) is 52.6. The molecule has 0 bridgehead atoms. The summed E-state index contributed by atoms with van der Waals surface area (Å²) in [6.07, 6.45) is 8.57. The van der Waals surface area contributed by atoms with Crippen molar-refractivity contribution < 1.29 is 19.5 Å². The van der Waals surface area contributed by atoms with Crippen molar-refractivity contribution >= 4 is 40.9 Å². The summed E-state index contributed by atoms with van der Waals surface area (Å²) in [7, 11) is 0. The average Bonchev–Trinajstić information content (AvgIpc) is 3.41. The van der Waals surface area contributed by atoms with Crippen LogP contribution in [0.4, 0.5) is 11.4 Å². The van der Waals surface area contributed by atoms with Crippen LogP contribution in [0.5, 0.6) is 0 Å². The van der Waals surface area contributed by atoms with Gasteiger partial charge in [0.1, 0.15) is 6.04 Å². The number of anilines is 2. The Labute approximate surface area is 299 Å². The lowest BCUT2D eigenvalue weighted by Crippen LogP contribution is -2.57. The predicted octanol–water partition coefficient (Wildman–Crippen LogP) is 5.33. The van der Waals surface area contributed by atoms with E-state index in [1.54, 1.807) is 21.6 Å². The molecule has 4 heterocycles. The molecule has 0 radical (unpaired) electrons. The van der Waals surface area contributed by atoms with E-state index in [-0.39, 0.29) is 24.3 Å². The van der Waals surface area contributed by atoms with Crippen molar-refractivity contribution in [3.8, 4) is 0 Å². The highest BCUT2D eigenvalue weighted by molar-refractivity contribution is 8.02. The molecule has 0 saturated carbocycles. The third-order valence-corrected chi connectivity index (χ3v) is 12.8. The fraction of sp³-hybridized carbons (Fsp3) is 0.390. The number of fused-ring (bicyclic) bond motifs is 2. The Kier molecular flexibility index (Phi) is 9.39. The topological polar surface area (TPSA) is 84.4 Å². The third kappa shape index (κ3) is 5.74. The van der Waals surface area contributed by atoms with Gasteiger partial charge in [-0.25, -0.2) is 0 Å². The van der Waals surface area contributed by atoms with Gasteiger partial charge in [-0.15, -0.1) is 11.8 Å². The van der Waals surface area contributed by atoms with Crippen molar-refractivity contribution in [2.45, 2.75) is 55.3 Å². The lowest BCUT2D eigenvalue weighted by atomic mass is 9.74. The molecule has 3 aromatic rings. The molecule has 0 aliphatic carbocycles. The number of aliphatic hydroxyl groups excluding tert-OH is 1. The number of nitrogens with zero attached hydrogens (tertiary/aromatic N) is 4. The zero-order valence-electron chi connectivity index (χ0n) is 29.0. The van der Waals surface area contributed by atoms with Gasteiger partial charge >= 0.3 is 0 Å². The zero-order chi connectivity index (χ0) is 35.0. The number of hydrogen-bond donors (Lipinski definition) is 1. The second kappa shape index (κ2) is 13.8. The Hall–Kier alpha value is -4.34. The summed E-state index contributed by atoms with van der Waals surface area (Å²) in [6.45, 7) is 8.95. The van der Waals surface area contributed by atoms with E-state index in [0.29, 0.717) is 26.1 Å². The maximum absolute atomic E-state index is 15.2. The number of aliphatic hydroxyl groups is 1. The average molecular weight is 691 g/mol. The van der Waals surface area contributed by atoms with Crippen molar-refractivity contribution in [3.05, 3.63) is 120 Å². The molecule has 9 heteroatoms. The minimum Gasteiger partial charge on any atom is -0.394 e. The molecule has 2 saturated heterocycles. The van der Waals surface area contributed by atoms with Crippen LogP contribution in [-0.2, 0) is 27.3 Å². The van der Waals surface area contributed by atoms with E-state index in [1.165, 1.54) is 0 Å². The molecule has 1 N–H and O–H groups in total. The highest BCUT2D eigenvalue weighted by atomic mass is 32.2. The Balaban J connectivity index is 1.31. The van der Waals surface area contributed by atoms with Gasteiger partial charge in [-0.05, 0) is 62.6 Å². The third-order valence-electron chi connectivity index (χ3n) is 11.0. The van der Waals surface area contributed by atoms with Crippen molar-refractivity contribution in [1.29, 1.82) is 0 Å². The molecule has 0 aromatic heterocycles. The van der Waals surface area contributed by atoms with Crippen molar-refractivity contribution in [2.24, 2.45) is 11.8 Å². The van der Waals surface area contributed by atoms with Crippen molar-refractivity contribution in [2.75, 3.05) is 42.6 Å². The molecule has 1 unspecified atom stereocenters. The van der Waals surface area contributed by atoms with E-state index < -0.39 is 33.4 Å². The highest BCUT2D eigenvalue weighted by Gasteiger charge is 2.74. The van der Waals surface area contributed by atoms with Crippen LogP contribution in [-0.4, -0.2) is 87.0 Å². The van der Waals surface area contributed by atoms with Crippen LogP contribution >= 0.6 is 11.8 Å². The first kappa shape index (κ1) is 34.1. The Morgan fingerprint density at radius 2 is 1.44 bits per heavy atom. The number of thioether (sulfide) groups is 1. The molecule has 3 aromatic carbocycles. The van der Waals surface area contributed by atoms with Gasteiger partial charge in [0.2, 0.25) is 11.8 Å². The molecular weight excluding hydrogens is 645 g/mol. The van der Waals surface area contributed by atoms with E-state index >= 15 is 9.59 Å². The number of carbonyl (C=O) groups is 3. The van der Waals surface area contributed by atoms with Crippen LogP contribution in [0.3, 0.4) is 0 Å². The van der Waals surface area contributed by atoms with Gasteiger partial charge < -0.3 is 24.7 Å². The number of amides is 3. The Morgan fingerprint density at radius 3 is 2.08 bits per heavy atom. The molecule has 4 aliphatic rings. The van der Waals surface area contributed by atoms with Gasteiger partial charge in [0, 0.05) is 48.8 Å². The molecular formula is C41H46N4O4S. The molecule has 8 nitrogen and oxygen atoms in total. The van der Waals surface area contributed by atoms with E-state index in [0.717, 1.165) is 35.6 Å². The van der Waals surface area contributed by atoms with E-state index in [9.17, 15) is 9.90 Å². The first-order valence-electron chi connectivity index (χ1n) is 17.8. The van der Waals surface area contributed by atoms with Gasteiger partial charge in [-0.1, -0.05) is 85.0 Å². The first-order valence-corrected chi connectivity index (χ1v) is 18.6. The van der Waals surface area contributed by atoms with Crippen molar-refractivity contribution in [3.63, 3.8) is 0 Å². The van der Waals surface area contributed by atoms with E-state index in [4.69, 9.17) is 0 Å². The minimum absolute atomic E-state index is 0.0813. The van der Waals surface area contributed by atoms with Gasteiger partial charge in [-0.2, -0.15) is 0 Å². The first-order chi connectivity index (χ1) is 24.2. The molecule has 260 valence electrons. The molecule has 7 rings (SSSR count). The Bertz CT molecular complexity index is 1780. The monoisotopic (exact) mass is 690 g/mol. The van der Waals surface area contributed by atoms with E-state index in [1.807, 2.05) is 115 Å². The van der Waals surface area contributed by atoms with Crippen LogP contribution in [0.15, 0.2) is 109 Å². The van der Waals surface area contributed by atoms with E-state index in [2.05, 4.69) is 24.8 Å². The number of likely N-dealkylation sites (tertiary alicyclic amines) is 1. The normalized spacial score (nSPS) is 27.9. The number of benzene rings is 3. The number of hydrogen-bond acceptors (Lipinski definition) is 6. The molecule has 2 fully saturated rings. The largest absolute Gasteiger partial charge is 0.394 e. The van der Waals surface area contributed by atoms with Gasteiger partial charge in [-0.3, -0.25) is 14.4 Å². The van der Waals surface area contributed by atoms with Crippen LogP contribution < -0.4 is 9.80 Å². The second-order valence-corrected chi connectivity index (χ2v) is 15.7. The summed E-state index contributed by atoms with van der Waals surface area (Å²) in [6, 6.07) is 26.1. The summed E-state index contributed by atoms with van der Waals surface area (Å²) in [5.41, 5.74) is 3.82. The highest BCUT2D eigenvalue weighted by Crippen LogP contribution is 2.66. The van der Waals surface area contributed by atoms with Gasteiger partial charge in [0.05, 0.1) is 29.2 Å². The smallest absolute Gasteiger partial charge is 0.251 e. The van der Waals surface area contributed by atoms with Crippen LogP contribution in [0, 0.1) is 11.8 Å². The maximum Gasteiger partial charge on any atom is 0.251 e. The minimum atomic E-state index is -1.01. The van der Waals surface area contributed by atoms with Crippen LogP contribution in [0.1, 0.15) is 31.9 Å².